The minimum absolute atomic E-state index is 1.00. The van der Waals surface area contributed by atoms with E-state index < -0.39 is 0 Å². The first-order valence-electron chi connectivity index (χ1n) is 4.73. The van der Waals surface area contributed by atoms with Gasteiger partial charge in [-0.15, -0.1) is 0 Å². The van der Waals surface area contributed by atoms with E-state index >= 15 is 0 Å². The lowest BCUT2D eigenvalue weighted by Gasteiger charge is -2.13. The van der Waals surface area contributed by atoms with Crippen molar-refractivity contribution in [3.63, 3.8) is 0 Å². The molecule has 0 atom stereocenters. The van der Waals surface area contributed by atoms with Crippen molar-refractivity contribution in [3.8, 4) is 0 Å². The maximum absolute atomic E-state index is 5.83. The van der Waals surface area contributed by atoms with E-state index in [2.05, 4.69) is 24.4 Å². The molecule has 0 amide bonds. The average molecular weight is 166 g/mol. The molecule has 0 saturated carbocycles. The van der Waals surface area contributed by atoms with Crippen molar-refractivity contribution in [2.45, 2.75) is 32.6 Å². The van der Waals surface area contributed by atoms with E-state index in [0.717, 1.165) is 30.8 Å². The van der Waals surface area contributed by atoms with Crippen molar-refractivity contribution in [1.29, 1.82) is 0 Å². The quantitative estimate of drug-likeness (QED) is 0.626. The van der Waals surface area contributed by atoms with Gasteiger partial charge in [0.25, 0.3) is 0 Å². The van der Waals surface area contributed by atoms with Crippen LogP contribution in [0.3, 0.4) is 0 Å². The van der Waals surface area contributed by atoms with E-state index in [1.54, 1.807) is 0 Å². The summed E-state index contributed by atoms with van der Waals surface area (Å²) in [4.78, 5) is 0. The topological polar surface area (TPSA) is 38.0 Å². The van der Waals surface area contributed by atoms with Crippen molar-refractivity contribution in [1.82, 2.24) is 5.32 Å². The second kappa shape index (κ2) is 4.86. The fourth-order valence-electron chi connectivity index (χ4n) is 1.25. The van der Waals surface area contributed by atoms with Crippen molar-refractivity contribution in [2.24, 2.45) is 5.73 Å². The Kier molecular flexibility index (Phi) is 3.71. The first kappa shape index (κ1) is 9.17. The van der Waals surface area contributed by atoms with E-state index in [9.17, 15) is 0 Å². The molecule has 2 heteroatoms. The predicted molar refractivity (Wildman–Crippen MR) is 52.5 cm³/mol. The number of rotatable bonds is 4. The lowest BCUT2D eigenvalue weighted by Crippen LogP contribution is -2.19. The summed E-state index contributed by atoms with van der Waals surface area (Å²) in [6.45, 7) is 3.23. The number of hydrogen-bond donors (Lipinski definition) is 2. The van der Waals surface area contributed by atoms with E-state index in [1.165, 1.54) is 12.8 Å². The molecule has 12 heavy (non-hydrogen) atoms. The Bertz CT molecular complexity index is 192. The maximum atomic E-state index is 5.83. The van der Waals surface area contributed by atoms with E-state index in [0.29, 0.717) is 0 Å². The van der Waals surface area contributed by atoms with Crippen LogP contribution in [-0.2, 0) is 0 Å². The highest BCUT2D eigenvalue weighted by Gasteiger charge is 2.02. The Morgan fingerprint density at radius 3 is 3.08 bits per heavy atom. The smallest absolute Gasteiger partial charge is 0.0527 e. The fourth-order valence-corrected chi connectivity index (χ4v) is 1.25. The summed E-state index contributed by atoms with van der Waals surface area (Å²) in [5.74, 6) is 0. The molecule has 0 aliphatic heterocycles. The zero-order chi connectivity index (χ0) is 8.81. The zero-order valence-electron chi connectivity index (χ0n) is 7.77. The van der Waals surface area contributed by atoms with Crippen LogP contribution in [0.1, 0.15) is 32.6 Å². The normalized spacial score (nSPS) is 16.8. The third-order valence-electron chi connectivity index (χ3n) is 2.06. The third-order valence-corrected chi connectivity index (χ3v) is 2.06. The highest BCUT2D eigenvalue weighted by Crippen LogP contribution is 2.11. The van der Waals surface area contributed by atoms with Gasteiger partial charge >= 0.3 is 0 Å². The molecule has 2 nitrogen and oxygen atoms in total. The van der Waals surface area contributed by atoms with Gasteiger partial charge in [-0.3, -0.25) is 0 Å². The predicted octanol–water partition coefficient (Wildman–Crippen LogP) is 1.90. The van der Waals surface area contributed by atoms with Gasteiger partial charge in [-0.1, -0.05) is 19.4 Å². The van der Waals surface area contributed by atoms with Crippen molar-refractivity contribution >= 4 is 0 Å². The fraction of sp³-hybridized carbons (Fsp3) is 0.600. The van der Waals surface area contributed by atoms with Crippen LogP contribution >= 0.6 is 0 Å². The van der Waals surface area contributed by atoms with Crippen LogP contribution in [0.5, 0.6) is 0 Å². The second-order valence-corrected chi connectivity index (χ2v) is 3.16. The molecule has 3 N–H and O–H groups in total. The van der Waals surface area contributed by atoms with E-state index in [1.807, 2.05) is 0 Å². The van der Waals surface area contributed by atoms with Crippen LogP contribution in [0.4, 0.5) is 0 Å². The van der Waals surface area contributed by atoms with Gasteiger partial charge in [-0.25, -0.2) is 0 Å². The first-order valence-corrected chi connectivity index (χ1v) is 4.73. The molecule has 0 heterocycles. The Labute approximate surface area is 74.5 Å². The molecular weight excluding hydrogens is 148 g/mol. The molecule has 0 saturated heterocycles. The molecule has 1 aliphatic carbocycles. The van der Waals surface area contributed by atoms with Gasteiger partial charge in [0.15, 0.2) is 0 Å². The molecule has 1 aliphatic rings. The molecule has 0 unspecified atom stereocenters. The molecule has 0 aromatic rings. The van der Waals surface area contributed by atoms with Crippen LogP contribution in [0.2, 0.25) is 0 Å². The third kappa shape index (κ3) is 2.61. The Hall–Kier alpha value is -0.920. The molecule has 1 rings (SSSR count). The number of hydrogen-bond acceptors (Lipinski definition) is 2. The Morgan fingerprint density at radius 1 is 1.58 bits per heavy atom. The number of nitrogens with one attached hydrogen (secondary N) is 1. The average Bonchev–Trinajstić information content (AvgIpc) is 2.09. The summed E-state index contributed by atoms with van der Waals surface area (Å²) < 4.78 is 0. The van der Waals surface area contributed by atoms with Gasteiger partial charge in [0.1, 0.15) is 0 Å². The van der Waals surface area contributed by atoms with Crippen molar-refractivity contribution in [3.05, 3.63) is 23.5 Å². The first-order chi connectivity index (χ1) is 5.84. The number of nitrogens with two attached hydrogens (primary N) is 1. The number of allylic oxidation sites excluding steroid dienone is 3. The van der Waals surface area contributed by atoms with Gasteiger partial charge < -0.3 is 11.1 Å². The van der Waals surface area contributed by atoms with E-state index in [-0.39, 0.29) is 0 Å². The van der Waals surface area contributed by atoms with Gasteiger partial charge in [-0.2, -0.15) is 0 Å². The maximum Gasteiger partial charge on any atom is 0.0527 e. The summed E-state index contributed by atoms with van der Waals surface area (Å²) in [5, 5.41) is 3.34. The number of unbranched alkanes of at least 4 members (excludes halogenated alkanes) is 1. The molecule has 0 radical (unpaired) electrons. The second-order valence-electron chi connectivity index (χ2n) is 3.16. The summed E-state index contributed by atoms with van der Waals surface area (Å²) >= 11 is 0. The molecule has 0 bridgehead atoms. The minimum Gasteiger partial charge on any atom is -0.400 e. The van der Waals surface area contributed by atoms with Crippen LogP contribution in [0, 0.1) is 0 Å². The van der Waals surface area contributed by atoms with Crippen molar-refractivity contribution in [2.75, 3.05) is 6.54 Å². The standard InChI is InChI=1S/C10H18N2/c1-2-3-8-12-10-7-5-4-6-9(10)11/h5,7,12H,2-4,6,8,11H2,1H3. The Balaban J connectivity index is 2.34. The van der Waals surface area contributed by atoms with Crippen LogP contribution in [0.25, 0.3) is 0 Å². The highest BCUT2D eigenvalue weighted by molar-refractivity contribution is 5.25. The monoisotopic (exact) mass is 166 g/mol. The van der Waals surface area contributed by atoms with Crippen LogP contribution < -0.4 is 11.1 Å². The highest BCUT2D eigenvalue weighted by atomic mass is 14.9. The molecular formula is C10H18N2. The Morgan fingerprint density at radius 2 is 2.42 bits per heavy atom. The zero-order valence-corrected chi connectivity index (χ0v) is 7.77. The van der Waals surface area contributed by atoms with Gasteiger partial charge in [0, 0.05) is 12.2 Å². The molecule has 0 aromatic carbocycles. The summed E-state index contributed by atoms with van der Waals surface area (Å²) in [5.41, 5.74) is 7.97. The molecule has 0 fully saturated rings. The largest absolute Gasteiger partial charge is 0.400 e. The summed E-state index contributed by atoms with van der Waals surface area (Å²) in [6.07, 6.45) is 8.80. The lowest BCUT2D eigenvalue weighted by molar-refractivity contribution is 0.704. The summed E-state index contributed by atoms with van der Waals surface area (Å²) in [7, 11) is 0. The SMILES string of the molecule is CCCCNC1=C(N)CCC=C1. The minimum atomic E-state index is 1.00. The van der Waals surface area contributed by atoms with Crippen LogP contribution in [0.15, 0.2) is 23.5 Å². The molecule has 0 spiro atoms. The van der Waals surface area contributed by atoms with Gasteiger partial charge in [-0.05, 0) is 25.3 Å². The molecule has 0 aromatic heterocycles. The molecule has 68 valence electrons. The van der Waals surface area contributed by atoms with Crippen LogP contribution in [-0.4, -0.2) is 6.54 Å². The van der Waals surface area contributed by atoms with Gasteiger partial charge in [0.2, 0.25) is 0 Å². The van der Waals surface area contributed by atoms with E-state index in [4.69, 9.17) is 5.73 Å². The summed E-state index contributed by atoms with van der Waals surface area (Å²) in [6, 6.07) is 0. The lowest BCUT2D eigenvalue weighted by atomic mass is 10.1. The van der Waals surface area contributed by atoms with Crippen molar-refractivity contribution < 1.29 is 0 Å². The van der Waals surface area contributed by atoms with Gasteiger partial charge in [0.05, 0.1) is 5.70 Å².